The van der Waals surface area contributed by atoms with E-state index in [1.54, 1.807) is 0 Å². The molecule has 4 rings (SSSR count). The minimum atomic E-state index is -0.467. The van der Waals surface area contributed by atoms with Crippen molar-refractivity contribution in [1.82, 2.24) is 4.57 Å². The number of nitrogens with zero attached hydrogens (tertiary/aromatic N) is 1. The third-order valence-corrected chi connectivity index (χ3v) is 5.71. The Morgan fingerprint density at radius 2 is 1.34 bits per heavy atom. The van der Waals surface area contributed by atoms with E-state index in [9.17, 15) is 9.59 Å². The van der Waals surface area contributed by atoms with Crippen LogP contribution < -0.4 is 10.6 Å². The van der Waals surface area contributed by atoms with Gasteiger partial charge in [0.2, 0.25) is 11.8 Å². The largest absolute Gasteiger partial charge is 0.341 e. The number of nitrogens with one attached hydrogen (secondary N) is 2. The monoisotopic (exact) mass is 427 g/mol. The van der Waals surface area contributed by atoms with Crippen molar-refractivity contribution in [2.75, 3.05) is 10.6 Å². The molecule has 0 bridgehead atoms. The molecule has 5 nitrogen and oxygen atoms in total. The molecule has 3 aromatic carbocycles. The fourth-order valence-electron chi connectivity index (χ4n) is 4.34. The van der Waals surface area contributed by atoms with Crippen molar-refractivity contribution < 1.29 is 9.59 Å². The van der Waals surface area contributed by atoms with E-state index in [0.717, 1.165) is 28.8 Å². The number of aromatic nitrogens is 1. The molecule has 0 radical (unpaired) electrons. The first-order valence-electron chi connectivity index (χ1n) is 11.0. The molecule has 0 aliphatic rings. The van der Waals surface area contributed by atoms with Crippen molar-refractivity contribution >= 4 is 45.0 Å². The predicted octanol–water partition coefficient (Wildman–Crippen LogP) is 6.20. The molecule has 0 spiro atoms. The van der Waals surface area contributed by atoms with Crippen LogP contribution in [0.2, 0.25) is 0 Å². The lowest BCUT2D eigenvalue weighted by Crippen LogP contribution is -2.27. The summed E-state index contributed by atoms with van der Waals surface area (Å²) in [6.07, 6.45) is 0.516. The first kappa shape index (κ1) is 21.6. The maximum atomic E-state index is 12.8. The van der Waals surface area contributed by atoms with E-state index in [4.69, 9.17) is 0 Å². The van der Waals surface area contributed by atoms with Gasteiger partial charge in [0.25, 0.3) is 0 Å². The Kier molecular flexibility index (Phi) is 5.99. The van der Waals surface area contributed by atoms with Crippen molar-refractivity contribution in [2.45, 2.75) is 40.2 Å². The highest BCUT2D eigenvalue weighted by molar-refractivity contribution is 6.09. The highest BCUT2D eigenvalue weighted by atomic mass is 16.2. The second-order valence-corrected chi connectivity index (χ2v) is 8.97. The third-order valence-electron chi connectivity index (χ3n) is 5.71. The third kappa shape index (κ3) is 4.67. The van der Waals surface area contributed by atoms with Crippen LogP contribution in [-0.2, 0) is 16.1 Å². The average molecular weight is 428 g/mol. The number of rotatable bonds is 7. The minimum absolute atomic E-state index is 0.0946. The van der Waals surface area contributed by atoms with E-state index in [0.29, 0.717) is 0 Å². The molecule has 2 amide bonds. The van der Waals surface area contributed by atoms with E-state index >= 15 is 0 Å². The van der Waals surface area contributed by atoms with Gasteiger partial charge in [0.15, 0.2) is 0 Å². The van der Waals surface area contributed by atoms with Gasteiger partial charge in [0.1, 0.15) is 0 Å². The summed E-state index contributed by atoms with van der Waals surface area (Å²) in [5.41, 5.74) is 3.41. The summed E-state index contributed by atoms with van der Waals surface area (Å²) in [6.45, 7) is 6.90. The van der Waals surface area contributed by atoms with Gasteiger partial charge in [-0.1, -0.05) is 50.2 Å². The molecule has 1 aromatic heterocycles. The molecular formula is C27H29N3O2. The zero-order chi connectivity index (χ0) is 22.7. The number of hydrogen-bond acceptors (Lipinski definition) is 2. The van der Waals surface area contributed by atoms with Crippen molar-refractivity contribution in [3.8, 4) is 0 Å². The lowest BCUT2D eigenvalue weighted by atomic mass is 9.85. The highest BCUT2D eigenvalue weighted by Crippen LogP contribution is 2.32. The van der Waals surface area contributed by atoms with Crippen molar-refractivity contribution in [3.05, 3.63) is 72.8 Å². The van der Waals surface area contributed by atoms with E-state index < -0.39 is 5.41 Å². The van der Waals surface area contributed by atoms with E-state index in [1.165, 1.54) is 10.9 Å². The van der Waals surface area contributed by atoms with Crippen molar-refractivity contribution in [1.29, 1.82) is 0 Å². The molecule has 4 aromatic rings. The Balaban J connectivity index is 1.45. The van der Waals surface area contributed by atoms with Gasteiger partial charge in [0, 0.05) is 52.6 Å². The first-order chi connectivity index (χ1) is 15.4. The number of para-hydroxylation sites is 2. The zero-order valence-electron chi connectivity index (χ0n) is 18.8. The van der Waals surface area contributed by atoms with Crippen LogP contribution in [0, 0.1) is 5.41 Å². The van der Waals surface area contributed by atoms with Crippen LogP contribution >= 0.6 is 0 Å². The summed E-state index contributed by atoms with van der Waals surface area (Å²) in [7, 11) is 0. The normalized spacial score (nSPS) is 11.6. The van der Waals surface area contributed by atoms with Crippen LogP contribution in [0.25, 0.3) is 21.8 Å². The Morgan fingerprint density at radius 3 is 2.03 bits per heavy atom. The van der Waals surface area contributed by atoms with Gasteiger partial charge in [-0.2, -0.15) is 0 Å². The van der Waals surface area contributed by atoms with Gasteiger partial charge < -0.3 is 15.2 Å². The van der Waals surface area contributed by atoms with E-state index in [-0.39, 0.29) is 24.7 Å². The molecule has 0 fully saturated rings. The summed E-state index contributed by atoms with van der Waals surface area (Å²) >= 11 is 0. The lowest BCUT2D eigenvalue weighted by Gasteiger charge is -2.23. The smallest absolute Gasteiger partial charge is 0.224 e. The topological polar surface area (TPSA) is 63.1 Å². The van der Waals surface area contributed by atoms with Crippen LogP contribution in [0.5, 0.6) is 0 Å². The molecular weight excluding hydrogens is 398 g/mol. The number of hydrogen-bond donors (Lipinski definition) is 2. The van der Waals surface area contributed by atoms with Crippen molar-refractivity contribution in [3.63, 3.8) is 0 Å². The fraction of sp³-hybridized carbons (Fsp3) is 0.259. The molecule has 0 atom stereocenters. The summed E-state index contributed by atoms with van der Waals surface area (Å²) in [5.74, 6) is -0.191. The van der Waals surface area contributed by atoms with Gasteiger partial charge in [-0.15, -0.1) is 0 Å². The van der Waals surface area contributed by atoms with Crippen LogP contribution in [0.15, 0.2) is 72.8 Å². The van der Waals surface area contributed by atoms with E-state index in [1.807, 2.05) is 68.4 Å². The average Bonchev–Trinajstić information content (AvgIpc) is 3.06. The van der Waals surface area contributed by atoms with Gasteiger partial charge in [-0.25, -0.2) is 0 Å². The first-order valence-corrected chi connectivity index (χ1v) is 11.0. The molecule has 1 heterocycles. The quantitative estimate of drug-likeness (QED) is 0.369. The molecule has 0 aliphatic heterocycles. The zero-order valence-corrected chi connectivity index (χ0v) is 18.8. The van der Waals surface area contributed by atoms with Crippen molar-refractivity contribution in [2.24, 2.45) is 5.41 Å². The Hall–Kier alpha value is -3.60. The molecule has 0 saturated carbocycles. The number of carbonyl (C=O) groups is 2. The molecule has 0 aliphatic carbocycles. The number of benzene rings is 3. The standard InChI is InChI=1S/C27H29N3O2/c1-4-30-23-13-9-8-12-21(23)22-16-20(14-15-24(22)30)29-26(32)18-27(2,3)17-25(31)28-19-10-6-5-7-11-19/h5-16H,4,17-18H2,1-3H3,(H,28,31)(H,29,32). The molecule has 0 unspecified atom stereocenters. The maximum absolute atomic E-state index is 12.8. The molecule has 164 valence electrons. The second kappa shape index (κ2) is 8.87. The van der Waals surface area contributed by atoms with E-state index in [2.05, 4.69) is 40.3 Å². The Bertz CT molecular complexity index is 1270. The van der Waals surface area contributed by atoms with Crippen LogP contribution in [-0.4, -0.2) is 16.4 Å². The van der Waals surface area contributed by atoms with Gasteiger partial charge >= 0.3 is 0 Å². The van der Waals surface area contributed by atoms with Crippen LogP contribution in [0.1, 0.15) is 33.6 Å². The maximum Gasteiger partial charge on any atom is 0.224 e. The molecule has 32 heavy (non-hydrogen) atoms. The van der Waals surface area contributed by atoms with Gasteiger partial charge in [-0.3, -0.25) is 9.59 Å². The summed E-state index contributed by atoms with van der Waals surface area (Å²) < 4.78 is 2.28. The SMILES string of the molecule is CCn1c2ccccc2c2cc(NC(=O)CC(C)(C)CC(=O)Nc3ccccc3)ccc21. The van der Waals surface area contributed by atoms with Gasteiger partial charge in [0.05, 0.1) is 0 Å². The highest BCUT2D eigenvalue weighted by Gasteiger charge is 2.25. The summed E-state index contributed by atoms with van der Waals surface area (Å²) in [5, 5.41) is 8.22. The van der Waals surface area contributed by atoms with Crippen LogP contribution in [0.3, 0.4) is 0 Å². The second-order valence-electron chi connectivity index (χ2n) is 8.97. The number of aryl methyl sites for hydroxylation is 1. The lowest BCUT2D eigenvalue weighted by molar-refractivity contribution is -0.120. The summed E-state index contributed by atoms with van der Waals surface area (Å²) in [6, 6.07) is 23.7. The molecule has 0 saturated heterocycles. The predicted molar refractivity (Wildman–Crippen MR) is 132 cm³/mol. The van der Waals surface area contributed by atoms with Crippen LogP contribution in [0.4, 0.5) is 11.4 Å². The van der Waals surface area contributed by atoms with Gasteiger partial charge in [-0.05, 0) is 48.7 Å². The minimum Gasteiger partial charge on any atom is -0.341 e. The molecule has 5 heteroatoms. The Labute approximate surface area is 188 Å². The number of fused-ring (bicyclic) bond motifs is 3. The molecule has 2 N–H and O–H groups in total. The summed E-state index contributed by atoms with van der Waals surface area (Å²) in [4.78, 5) is 25.2. The Morgan fingerprint density at radius 1 is 0.750 bits per heavy atom. The number of amides is 2. The number of carbonyl (C=O) groups excluding carboxylic acids is 2. The number of anilines is 2. The fourth-order valence-corrected chi connectivity index (χ4v) is 4.34.